The first-order valence-corrected chi connectivity index (χ1v) is 11.9. The van der Waals surface area contributed by atoms with Crippen molar-refractivity contribution in [3.8, 4) is 17.2 Å². The zero-order valence-electron chi connectivity index (χ0n) is 19.7. The van der Waals surface area contributed by atoms with Gasteiger partial charge in [-0.2, -0.15) is 0 Å². The summed E-state index contributed by atoms with van der Waals surface area (Å²) in [5.41, 5.74) is 0.153. The fraction of sp³-hybridized carbons (Fsp3) is 0.231. The summed E-state index contributed by atoms with van der Waals surface area (Å²) in [6.45, 7) is 1.71. The average Bonchev–Trinajstić information content (AvgIpc) is 2.85. The lowest BCUT2D eigenvalue weighted by atomic mass is 9.78. The molecule has 0 aromatic heterocycles. The summed E-state index contributed by atoms with van der Waals surface area (Å²) in [5, 5.41) is 6.75. The number of halogens is 2. The van der Waals surface area contributed by atoms with Gasteiger partial charge in [-0.3, -0.25) is 9.69 Å². The van der Waals surface area contributed by atoms with Crippen LogP contribution >= 0.6 is 23.2 Å². The second-order valence-corrected chi connectivity index (χ2v) is 9.43. The maximum atomic E-state index is 13.8. The van der Waals surface area contributed by atoms with Crippen molar-refractivity contribution in [1.82, 2.24) is 5.32 Å². The van der Waals surface area contributed by atoms with Crippen LogP contribution in [-0.2, 0) is 4.79 Å². The van der Waals surface area contributed by atoms with E-state index in [0.717, 1.165) is 0 Å². The Morgan fingerprint density at radius 2 is 1.75 bits per heavy atom. The lowest BCUT2D eigenvalue weighted by Gasteiger charge is -2.54. The number of rotatable bonds is 5. The highest BCUT2D eigenvalue weighted by Gasteiger charge is 2.60. The van der Waals surface area contributed by atoms with Gasteiger partial charge in [0, 0.05) is 22.3 Å². The Labute approximate surface area is 218 Å². The van der Waals surface area contributed by atoms with E-state index >= 15 is 0 Å². The maximum absolute atomic E-state index is 13.8. The molecular weight excluding hydrogens is 505 g/mol. The van der Waals surface area contributed by atoms with Gasteiger partial charge in [-0.25, -0.2) is 4.79 Å². The molecule has 2 aliphatic heterocycles. The molecule has 2 N–H and O–H groups in total. The van der Waals surface area contributed by atoms with Crippen LogP contribution in [0.4, 0.5) is 16.2 Å². The van der Waals surface area contributed by atoms with Gasteiger partial charge in [-0.1, -0.05) is 41.4 Å². The third-order valence-electron chi connectivity index (χ3n) is 6.50. The van der Waals surface area contributed by atoms with Crippen LogP contribution in [0.3, 0.4) is 0 Å². The van der Waals surface area contributed by atoms with Gasteiger partial charge in [-0.15, -0.1) is 0 Å². The Hall–Kier alpha value is -3.62. The fourth-order valence-electron chi connectivity index (χ4n) is 4.87. The molecule has 10 heteroatoms. The monoisotopic (exact) mass is 527 g/mol. The molecule has 3 amide bonds. The molecule has 0 radical (unpaired) electrons. The first-order valence-electron chi connectivity index (χ1n) is 11.1. The summed E-state index contributed by atoms with van der Waals surface area (Å²) in [7, 11) is 2.96. The standard InChI is InChI=1S/C26H23Cl2N3O5/c1-26-22(24(32)29-15-10-8-14(27)9-11-15)23(16-6-4-5-7-19(16)36-26)30-25(33)31(26)18-12-17(28)20(34-2)13-21(18)35-3/h4-13,22-23H,1-3H3,(H,29,32)(H,30,33). The number of anilines is 2. The van der Waals surface area contributed by atoms with Crippen LogP contribution < -0.4 is 29.7 Å². The normalized spacial score (nSPS) is 22.1. The van der Waals surface area contributed by atoms with Gasteiger partial charge in [0.15, 0.2) is 0 Å². The van der Waals surface area contributed by atoms with Crippen molar-refractivity contribution >= 4 is 46.5 Å². The minimum absolute atomic E-state index is 0.269. The molecule has 3 atom stereocenters. The van der Waals surface area contributed by atoms with Crippen molar-refractivity contribution in [3.05, 3.63) is 76.3 Å². The van der Waals surface area contributed by atoms with Gasteiger partial charge in [-0.05, 0) is 43.3 Å². The number of methoxy groups -OCH3 is 2. The second-order valence-electron chi connectivity index (χ2n) is 8.59. The van der Waals surface area contributed by atoms with Crippen molar-refractivity contribution in [1.29, 1.82) is 0 Å². The molecule has 3 unspecified atom stereocenters. The highest BCUT2D eigenvalue weighted by molar-refractivity contribution is 6.32. The van der Waals surface area contributed by atoms with Crippen LogP contribution in [0.5, 0.6) is 17.2 Å². The number of benzene rings is 3. The van der Waals surface area contributed by atoms with E-state index in [1.54, 1.807) is 43.3 Å². The molecule has 1 fully saturated rings. The zero-order chi connectivity index (χ0) is 25.6. The number of urea groups is 1. The quantitative estimate of drug-likeness (QED) is 0.447. The third kappa shape index (κ3) is 3.86. The van der Waals surface area contributed by atoms with Gasteiger partial charge < -0.3 is 24.8 Å². The van der Waals surface area contributed by atoms with Crippen molar-refractivity contribution in [3.63, 3.8) is 0 Å². The number of ether oxygens (including phenoxy) is 3. The predicted octanol–water partition coefficient (Wildman–Crippen LogP) is 5.65. The van der Waals surface area contributed by atoms with Crippen LogP contribution in [0.2, 0.25) is 10.0 Å². The highest BCUT2D eigenvalue weighted by atomic mass is 35.5. The van der Waals surface area contributed by atoms with E-state index in [4.69, 9.17) is 37.4 Å². The second kappa shape index (κ2) is 9.11. The van der Waals surface area contributed by atoms with Crippen LogP contribution in [0, 0.1) is 5.92 Å². The number of hydrogen-bond donors (Lipinski definition) is 2. The predicted molar refractivity (Wildman–Crippen MR) is 137 cm³/mol. The summed E-state index contributed by atoms with van der Waals surface area (Å²) in [5.74, 6) is 0.0634. The number of nitrogens with one attached hydrogen (secondary N) is 2. The molecule has 2 bridgehead atoms. The van der Waals surface area contributed by atoms with Gasteiger partial charge in [0.1, 0.15) is 23.2 Å². The molecule has 3 aromatic rings. The topological polar surface area (TPSA) is 89.1 Å². The van der Waals surface area contributed by atoms with E-state index in [0.29, 0.717) is 39.2 Å². The van der Waals surface area contributed by atoms with Crippen LogP contribution in [-0.4, -0.2) is 31.9 Å². The largest absolute Gasteiger partial charge is 0.495 e. The molecule has 3 aromatic carbocycles. The Bertz CT molecular complexity index is 1350. The Kier molecular flexibility index (Phi) is 6.10. The van der Waals surface area contributed by atoms with Gasteiger partial charge >= 0.3 is 6.03 Å². The van der Waals surface area contributed by atoms with Crippen LogP contribution in [0.15, 0.2) is 60.7 Å². The number of para-hydroxylation sites is 1. The number of carbonyl (C=O) groups is 2. The smallest absolute Gasteiger partial charge is 0.325 e. The molecule has 1 saturated heterocycles. The first-order chi connectivity index (χ1) is 17.3. The Morgan fingerprint density at radius 1 is 1.06 bits per heavy atom. The summed E-state index contributed by atoms with van der Waals surface area (Å²) >= 11 is 12.4. The SMILES string of the molecule is COc1cc(OC)c(N2C(=O)NC3c4ccccc4OC2(C)C3C(=O)Nc2ccc(Cl)cc2)cc1Cl. The molecule has 5 rings (SSSR count). The Morgan fingerprint density at radius 3 is 2.44 bits per heavy atom. The van der Waals surface area contributed by atoms with Crippen molar-refractivity contribution in [2.75, 3.05) is 24.4 Å². The maximum Gasteiger partial charge on any atom is 0.325 e. The van der Waals surface area contributed by atoms with Gasteiger partial charge in [0.05, 0.1) is 31.0 Å². The highest BCUT2D eigenvalue weighted by Crippen LogP contribution is 2.52. The molecule has 0 spiro atoms. The van der Waals surface area contributed by atoms with Gasteiger partial charge in [0.25, 0.3) is 0 Å². The van der Waals surface area contributed by atoms with Crippen molar-refractivity contribution in [2.45, 2.75) is 18.7 Å². The van der Waals surface area contributed by atoms with Crippen molar-refractivity contribution < 1.29 is 23.8 Å². The van der Waals surface area contributed by atoms with Gasteiger partial charge in [0.2, 0.25) is 11.6 Å². The number of nitrogens with zero attached hydrogens (tertiary/aromatic N) is 1. The lowest BCUT2D eigenvalue weighted by Crippen LogP contribution is -2.72. The minimum Gasteiger partial charge on any atom is -0.495 e. The molecular formula is C26H23Cl2N3O5. The Balaban J connectivity index is 1.65. The average molecular weight is 528 g/mol. The van der Waals surface area contributed by atoms with E-state index in [1.165, 1.54) is 19.1 Å². The summed E-state index contributed by atoms with van der Waals surface area (Å²) in [4.78, 5) is 28.8. The van der Waals surface area contributed by atoms with E-state index < -0.39 is 23.7 Å². The van der Waals surface area contributed by atoms with Crippen LogP contribution in [0.1, 0.15) is 18.5 Å². The molecule has 186 valence electrons. The molecule has 8 nitrogen and oxygen atoms in total. The molecule has 2 heterocycles. The number of carbonyl (C=O) groups excluding carboxylic acids is 2. The van der Waals surface area contributed by atoms with E-state index in [9.17, 15) is 9.59 Å². The van der Waals surface area contributed by atoms with E-state index in [2.05, 4.69) is 10.6 Å². The molecule has 0 saturated carbocycles. The third-order valence-corrected chi connectivity index (χ3v) is 7.04. The van der Waals surface area contributed by atoms with Crippen molar-refractivity contribution in [2.24, 2.45) is 5.92 Å². The molecule has 2 aliphatic rings. The number of hydrogen-bond acceptors (Lipinski definition) is 5. The van der Waals surface area contributed by atoms with Crippen LogP contribution in [0.25, 0.3) is 0 Å². The zero-order valence-corrected chi connectivity index (χ0v) is 21.2. The number of amides is 3. The van der Waals surface area contributed by atoms with E-state index in [1.807, 2.05) is 24.3 Å². The molecule has 0 aliphatic carbocycles. The molecule has 36 heavy (non-hydrogen) atoms. The minimum atomic E-state index is -1.44. The first kappa shape index (κ1) is 24.1. The number of fused-ring (bicyclic) bond motifs is 4. The summed E-state index contributed by atoms with van der Waals surface area (Å²) in [6, 6.07) is 16.1. The fourth-order valence-corrected chi connectivity index (χ4v) is 5.23. The summed E-state index contributed by atoms with van der Waals surface area (Å²) < 4.78 is 17.3. The van der Waals surface area contributed by atoms with E-state index in [-0.39, 0.29) is 10.9 Å². The lowest BCUT2D eigenvalue weighted by molar-refractivity contribution is -0.131. The summed E-state index contributed by atoms with van der Waals surface area (Å²) in [6.07, 6.45) is 0.